The summed E-state index contributed by atoms with van der Waals surface area (Å²) in [4.78, 5) is 30.8. The third-order valence-electron chi connectivity index (χ3n) is 4.60. The number of rotatable bonds is 3. The van der Waals surface area contributed by atoms with E-state index in [0.717, 1.165) is 23.5 Å². The minimum atomic E-state index is -0.140. The van der Waals surface area contributed by atoms with Crippen molar-refractivity contribution in [3.05, 3.63) is 73.5 Å². The van der Waals surface area contributed by atoms with Crippen LogP contribution in [0.3, 0.4) is 0 Å². The van der Waals surface area contributed by atoms with E-state index < -0.39 is 0 Å². The standard InChI is InChI=1S/C19H17Cl2N5O/c1-11-7-23-16(8-22-11)18-24-15-5-6-26(10-13(15)19(27)25-18)9-12-3-2-4-14(20)17(12)21/h2-4,7-8H,5-6,9-10H2,1H3,(H,24,25,27). The predicted octanol–water partition coefficient (Wildman–Crippen LogP) is 3.40. The Balaban J connectivity index is 1.59. The Morgan fingerprint density at radius 3 is 2.85 bits per heavy atom. The lowest BCUT2D eigenvalue weighted by Crippen LogP contribution is -2.35. The zero-order valence-corrected chi connectivity index (χ0v) is 16.2. The molecular formula is C19H17Cl2N5O. The van der Waals surface area contributed by atoms with Gasteiger partial charge in [-0.15, -0.1) is 0 Å². The van der Waals surface area contributed by atoms with Crippen LogP contribution in [0.25, 0.3) is 11.5 Å². The number of aryl methyl sites for hydroxylation is 1. The average Bonchev–Trinajstić information content (AvgIpc) is 2.66. The molecule has 0 amide bonds. The highest BCUT2D eigenvalue weighted by Crippen LogP contribution is 2.27. The number of halogens is 2. The molecule has 4 rings (SSSR count). The van der Waals surface area contributed by atoms with Crippen molar-refractivity contribution in [2.24, 2.45) is 0 Å². The number of benzene rings is 1. The van der Waals surface area contributed by atoms with Gasteiger partial charge in [0.1, 0.15) is 5.69 Å². The summed E-state index contributed by atoms with van der Waals surface area (Å²) < 4.78 is 0. The lowest BCUT2D eigenvalue weighted by Gasteiger charge is -2.28. The van der Waals surface area contributed by atoms with E-state index in [1.165, 1.54) is 0 Å². The second-order valence-electron chi connectivity index (χ2n) is 6.56. The molecule has 1 aliphatic rings. The number of aromatic amines is 1. The van der Waals surface area contributed by atoms with Gasteiger partial charge in [0, 0.05) is 32.3 Å². The first-order valence-electron chi connectivity index (χ1n) is 8.57. The van der Waals surface area contributed by atoms with Crippen molar-refractivity contribution in [1.82, 2.24) is 24.8 Å². The van der Waals surface area contributed by atoms with Crippen LogP contribution in [0.2, 0.25) is 10.0 Å². The molecule has 2 aromatic heterocycles. The van der Waals surface area contributed by atoms with Gasteiger partial charge in [-0.1, -0.05) is 35.3 Å². The molecule has 138 valence electrons. The van der Waals surface area contributed by atoms with E-state index in [1.807, 2.05) is 19.1 Å². The Kier molecular flexibility index (Phi) is 4.95. The van der Waals surface area contributed by atoms with Crippen LogP contribution < -0.4 is 5.56 Å². The van der Waals surface area contributed by atoms with Crippen LogP contribution in [0.4, 0.5) is 0 Å². The number of hydrogen-bond donors (Lipinski definition) is 1. The number of nitrogens with zero attached hydrogens (tertiary/aromatic N) is 4. The highest BCUT2D eigenvalue weighted by molar-refractivity contribution is 6.42. The van der Waals surface area contributed by atoms with Crippen molar-refractivity contribution in [2.45, 2.75) is 26.4 Å². The molecule has 6 nitrogen and oxygen atoms in total. The van der Waals surface area contributed by atoms with E-state index >= 15 is 0 Å². The minimum absolute atomic E-state index is 0.140. The average molecular weight is 402 g/mol. The van der Waals surface area contributed by atoms with Gasteiger partial charge in [0.2, 0.25) is 0 Å². The summed E-state index contributed by atoms with van der Waals surface area (Å²) in [7, 11) is 0. The van der Waals surface area contributed by atoms with Gasteiger partial charge in [-0.2, -0.15) is 0 Å². The summed E-state index contributed by atoms with van der Waals surface area (Å²) in [5, 5.41) is 1.10. The van der Waals surface area contributed by atoms with Gasteiger partial charge in [-0.25, -0.2) is 9.97 Å². The molecule has 0 unspecified atom stereocenters. The van der Waals surface area contributed by atoms with Crippen molar-refractivity contribution in [3.8, 4) is 11.5 Å². The number of hydrogen-bond acceptors (Lipinski definition) is 5. The Hall–Kier alpha value is -2.28. The first-order chi connectivity index (χ1) is 13.0. The fourth-order valence-corrected chi connectivity index (χ4v) is 3.54. The highest BCUT2D eigenvalue weighted by Gasteiger charge is 2.22. The van der Waals surface area contributed by atoms with E-state index in [0.29, 0.717) is 46.6 Å². The molecule has 0 atom stereocenters. The summed E-state index contributed by atoms with van der Waals surface area (Å²) >= 11 is 12.4. The van der Waals surface area contributed by atoms with Crippen LogP contribution in [0, 0.1) is 6.92 Å². The summed E-state index contributed by atoms with van der Waals surface area (Å²) in [6.07, 6.45) is 3.96. The second kappa shape index (κ2) is 7.38. The smallest absolute Gasteiger partial charge is 0.255 e. The van der Waals surface area contributed by atoms with Gasteiger partial charge in [0.15, 0.2) is 5.82 Å². The summed E-state index contributed by atoms with van der Waals surface area (Å²) in [6, 6.07) is 5.60. The third kappa shape index (κ3) is 3.74. The summed E-state index contributed by atoms with van der Waals surface area (Å²) in [6.45, 7) is 3.79. The molecule has 3 heterocycles. The molecule has 27 heavy (non-hydrogen) atoms. The van der Waals surface area contributed by atoms with Crippen LogP contribution >= 0.6 is 23.2 Å². The molecule has 0 bridgehead atoms. The van der Waals surface area contributed by atoms with Gasteiger partial charge in [0.25, 0.3) is 5.56 Å². The fraction of sp³-hybridized carbons (Fsp3) is 0.263. The number of fused-ring (bicyclic) bond motifs is 1. The molecule has 8 heteroatoms. The maximum atomic E-state index is 12.6. The molecule has 0 saturated carbocycles. The Bertz CT molecular complexity index is 1050. The van der Waals surface area contributed by atoms with E-state index in [-0.39, 0.29) is 5.56 Å². The first-order valence-corrected chi connectivity index (χ1v) is 9.33. The predicted molar refractivity (Wildman–Crippen MR) is 105 cm³/mol. The Morgan fingerprint density at radius 1 is 1.22 bits per heavy atom. The number of aromatic nitrogens is 4. The molecule has 0 fully saturated rings. The van der Waals surface area contributed by atoms with E-state index in [2.05, 4.69) is 24.8 Å². The molecule has 0 aliphatic carbocycles. The zero-order valence-electron chi connectivity index (χ0n) is 14.7. The molecule has 1 aromatic carbocycles. The van der Waals surface area contributed by atoms with Crippen LogP contribution in [-0.4, -0.2) is 31.4 Å². The van der Waals surface area contributed by atoms with Crippen molar-refractivity contribution in [3.63, 3.8) is 0 Å². The Morgan fingerprint density at radius 2 is 2.07 bits per heavy atom. The van der Waals surface area contributed by atoms with Crippen LogP contribution in [0.15, 0.2) is 35.4 Å². The fourth-order valence-electron chi connectivity index (χ4n) is 3.16. The number of nitrogens with one attached hydrogen (secondary N) is 1. The SMILES string of the molecule is Cc1cnc(-c2nc3c(c(=O)[nH]2)CN(Cc2cccc(Cl)c2Cl)CC3)cn1. The number of H-pyrrole nitrogens is 1. The van der Waals surface area contributed by atoms with Gasteiger partial charge < -0.3 is 4.98 Å². The molecule has 3 aromatic rings. The molecule has 0 radical (unpaired) electrons. The van der Waals surface area contributed by atoms with Crippen LogP contribution in [-0.2, 0) is 19.5 Å². The molecule has 1 aliphatic heterocycles. The lowest BCUT2D eigenvalue weighted by molar-refractivity contribution is 0.242. The monoisotopic (exact) mass is 401 g/mol. The van der Waals surface area contributed by atoms with E-state index in [4.69, 9.17) is 23.2 Å². The Labute approximate surface area is 166 Å². The maximum absolute atomic E-state index is 12.6. The highest BCUT2D eigenvalue weighted by atomic mass is 35.5. The van der Waals surface area contributed by atoms with Gasteiger partial charge in [-0.05, 0) is 18.6 Å². The lowest BCUT2D eigenvalue weighted by atomic mass is 10.1. The first kappa shape index (κ1) is 18.1. The maximum Gasteiger partial charge on any atom is 0.255 e. The second-order valence-corrected chi connectivity index (χ2v) is 7.34. The quantitative estimate of drug-likeness (QED) is 0.727. The zero-order chi connectivity index (χ0) is 19.0. The van der Waals surface area contributed by atoms with Crippen molar-refractivity contribution >= 4 is 23.2 Å². The minimum Gasteiger partial charge on any atom is -0.305 e. The molecule has 1 N–H and O–H groups in total. The molecule has 0 saturated heterocycles. The molecule has 0 spiro atoms. The third-order valence-corrected chi connectivity index (χ3v) is 5.45. The van der Waals surface area contributed by atoms with Crippen LogP contribution in [0.1, 0.15) is 22.5 Å². The normalized spacial score (nSPS) is 14.2. The van der Waals surface area contributed by atoms with Crippen molar-refractivity contribution in [2.75, 3.05) is 6.54 Å². The summed E-state index contributed by atoms with van der Waals surface area (Å²) in [5.41, 5.74) is 3.68. The summed E-state index contributed by atoms with van der Waals surface area (Å²) in [5.74, 6) is 0.456. The van der Waals surface area contributed by atoms with Gasteiger partial charge in [0.05, 0.1) is 33.2 Å². The largest absolute Gasteiger partial charge is 0.305 e. The van der Waals surface area contributed by atoms with Gasteiger partial charge in [-0.3, -0.25) is 14.7 Å². The van der Waals surface area contributed by atoms with E-state index in [1.54, 1.807) is 18.5 Å². The van der Waals surface area contributed by atoms with Crippen molar-refractivity contribution in [1.29, 1.82) is 0 Å². The van der Waals surface area contributed by atoms with Crippen molar-refractivity contribution < 1.29 is 0 Å². The molecular weight excluding hydrogens is 385 g/mol. The topological polar surface area (TPSA) is 74.8 Å². The van der Waals surface area contributed by atoms with E-state index in [9.17, 15) is 4.79 Å². The van der Waals surface area contributed by atoms with Gasteiger partial charge >= 0.3 is 0 Å². The van der Waals surface area contributed by atoms with Crippen LogP contribution in [0.5, 0.6) is 0 Å².